The summed E-state index contributed by atoms with van der Waals surface area (Å²) in [5.74, 6) is 1.61. The molecule has 0 aliphatic heterocycles. The summed E-state index contributed by atoms with van der Waals surface area (Å²) in [6.45, 7) is 1.70. The maximum Gasteiger partial charge on any atom is 0.416 e. The predicted molar refractivity (Wildman–Crippen MR) is 295 cm³/mol. The van der Waals surface area contributed by atoms with Crippen LogP contribution in [0.1, 0.15) is 11.1 Å². The van der Waals surface area contributed by atoms with Gasteiger partial charge in [0.15, 0.2) is 25.5 Å². The lowest BCUT2D eigenvalue weighted by Crippen LogP contribution is -2.74. The molecule has 10 aromatic carbocycles. The zero-order chi connectivity index (χ0) is 49.5. The zero-order valence-corrected chi connectivity index (χ0v) is 40.7. The van der Waals surface area contributed by atoms with E-state index >= 15 is 0 Å². The van der Waals surface area contributed by atoms with Gasteiger partial charge in [-0.25, -0.2) is 15.0 Å². The third-order valence-electron chi connectivity index (χ3n) is 13.8. The standard InChI is InChI=1S/C65H45F3N4Si/c1-44-38-49(40-50(39-44)65(66,67)68)47-34-37-61-58(42-47)57-32-17-18-33-60(57)72(61)51-35-36-56(59(43-51)64-70-62(45-20-7-2-8-21-45)69-63(71-64)46-22-9-3-10-23-46)48-24-19-31-55(41-48)73(52-25-11-4-12-26-52,53-27-13-5-14-28-53)54-29-15-6-16-30-54/h2-43H,1H3. The van der Waals surface area contributed by atoms with E-state index in [1.165, 1.54) is 32.9 Å². The molecule has 12 rings (SSSR count). The third-order valence-corrected chi connectivity index (χ3v) is 18.6. The molecule has 0 bridgehead atoms. The predicted octanol–water partition coefficient (Wildman–Crippen LogP) is 14.0. The van der Waals surface area contributed by atoms with Crippen molar-refractivity contribution in [1.82, 2.24) is 19.5 Å². The Morgan fingerprint density at radius 2 is 0.863 bits per heavy atom. The Morgan fingerprint density at radius 1 is 0.356 bits per heavy atom. The fraction of sp³-hybridized carbons (Fsp3) is 0.0308. The molecule has 0 saturated carbocycles. The van der Waals surface area contributed by atoms with Crippen molar-refractivity contribution in [2.75, 3.05) is 0 Å². The molecule has 8 heteroatoms. The molecule has 4 nitrogen and oxygen atoms in total. The van der Waals surface area contributed by atoms with E-state index in [2.05, 4.69) is 150 Å². The van der Waals surface area contributed by atoms with Gasteiger partial charge in [0, 0.05) is 33.2 Å². The van der Waals surface area contributed by atoms with Gasteiger partial charge < -0.3 is 4.57 Å². The molecule has 0 unspecified atom stereocenters. The van der Waals surface area contributed by atoms with E-state index in [-0.39, 0.29) is 0 Å². The number of hydrogen-bond acceptors (Lipinski definition) is 3. The topological polar surface area (TPSA) is 43.6 Å². The number of para-hydroxylation sites is 1. The highest BCUT2D eigenvalue weighted by atomic mass is 28.3. The molecule has 0 spiro atoms. The quantitative estimate of drug-likeness (QED) is 0.101. The Kier molecular flexibility index (Phi) is 11.5. The van der Waals surface area contributed by atoms with Crippen LogP contribution in [0.25, 0.3) is 83.9 Å². The Bertz CT molecular complexity index is 3800. The summed E-state index contributed by atoms with van der Waals surface area (Å²) in [6, 6.07) is 86.6. The Morgan fingerprint density at radius 3 is 1.45 bits per heavy atom. The van der Waals surface area contributed by atoms with Gasteiger partial charge >= 0.3 is 6.18 Å². The first-order chi connectivity index (χ1) is 35.7. The van der Waals surface area contributed by atoms with E-state index in [0.29, 0.717) is 34.2 Å². The minimum atomic E-state index is -4.47. The summed E-state index contributed by atoms with van der Waals surface area (Å²) in [5, 5.41) is 6.94. The van der Waals surface area contributed by atoms with E-state index in [0.717, 1.165) is 55.3 Å². The normalized spacial score (nSPS) is 11.8. The third kappa shape index (κ3) is 8.31. The first-order valence-corrected chi connectivity index (χ1v) is 26.2. The molecule has 12 aromatic rings. The van der Waals surface area contributed by atoms with E-state index in [1.54, 1.807) is 6.92 Å². The van der Waals surface area contributed by atoms with Crippen molar-refractivity contribution < 1.29 is 13.2 Å². The van der Waals surface area contributed by atoms with Crippen LogP contribution in [-0.2, 0) is 6.18 Å². The van der Waals surface area contributed by atoms with Gasteiger partial charge in [-0.05, 0) is 98.0 Å². The van der Waals surface area contributed by atoms with Crippen molar-refractivity contribution >= 4 is 50.6 Å². The highest BCUT2D eigenvalue weighted by Gasteiger charge is 2.41. The van der Waals surface area contributed by atoms with Gasteiger partial charge in [0.05, 0.1) is 16.6 Å². The lowest BCUT2D eigenvalue weighted by molar-refractivity contribution is -0.137. The second-order valence-electron chi connectivity index (χ2n) is 18.4. The smallest absolute Gasteiger partial charge is 0.309 e. The van der Waals surface area contributed by atoms with Gasteiger partial charge in [-0.2, -0.15) is 13.2 Å². The maximum absolute atomic E-state index is 14.1. The first-order valence-electron chi connectivity index (χ1n) is 24.2. The van der Waals surface area contributed by atoms with E-state index in [1.807, 2.05) is 97.1 Å². The average molecular weight is 967 g/mol. The number of aromatic nitrogens is 4. The molecular formula is C65H45F3N4Si. The SMILES string of the molecule is Cc1cc(-c2ccc3c(c2)c2ccccc2n3-c2ccc(-c3cccc([Si](c4ccccc4)(c4ccccc4)c4ccccc4)c3)c(-c3nc(-c4ccccc4)nc(-c4ccccc4)n3)c2)cc(C(F)(F)F)c1. The average Bonchev–Trinajstić information content (AvgIpc) is 3.78. The van der Waals surface area contributed by atoms with Crippen LogP contribution in [0.4, 0.5) is 13.2 Å². The van der Waals surface area contributed by atoms with Crippen molar-refractivity contribution in [2.45, 2.75) is 13.1 Å². The van der Waals surface area contributed by atoms with Crippen molar-refractivity contribution in [3.05, 3.63) is 266 Å². The molecule has 0 radical (unpaired) electrons. The Labute approximate surface area is 422 Å². The molecule has 0 atom stereocenters. The summed E-state index contributed by atoms with van der Waals surface area (Å²) in [6.07, 6.45) is -4.47. The molecular weight excluding hydrogens is 922 g/mol. The molecule has 0 N–H and O–H groups in total. The fourth-order valence-corrected chi connectivity index (χ4v) is 15.4. The van der Waals surface area contributed by atoms with Crippen molar-refractivity contribution in [2.24, 2.45) is 0 Å². The lowest BCUT2D eigenvalue weighted by Gasteiger charge is -2.34. The lowest BCUT2D eigenvalue weighted by atomic mass is 9.97. The van der Waals surface area contributed by atoms with Crippen LogP contribution in [0.2, 0.25) is 0 Å². The highest BCUT2D eigenvalue weighted by molar-refractivity contribution is 7.19. The van der Waals surface area contributed by atoms with Crippen LogP contribution in [0.15, 0.2) is 255 Å². The van der Waals surface area contributed by atoms with Crippen LogP contribution in [0, 0.1) is 6.92 Å². The molecule has 2 heterocycles. The van der Waals surface area contributed by atoms with E-state index in [4.69, 9.17) is 15.0 Å². The van der Waals surface area contributed by atoms with E-state index < -0.39 is 19.8 Å². The van der Waals surface area contributed by atoms with Crippen LogP contribution < -0.4 is 20.7 Å². The minimum absolute atomic E-state index is 0.510. The largest absolute Gasteiger partial charge is 0.416 e. The summed E-state index contributed by atoms with van der Waals surface area (Å²) < 4.78 is 44.5. The monoisotopic (exact) mass is 966 g/mol. The second kappa shape index (κ2) is 18.6. The first kappa shape index (κ1) is 45.2. The van der Waals surface area contributed by atoms with Crippen LogP contribution in [-0.4, -0.2) is 27.6 Å². The molecule has 350 valence electrons. The van der Waals surface area contributed by atoms with Gasteiger partial charge in [-0.1, -0.05) is 212 Å². The molecule has 2 aromatic heterocycles. The number of benzene rings is 10. The molecule has 0 saturated heterocycles. The number of halogens is 3. The van der Waals surface area contributed by atoms with Gasteiger partial charge in [0.2, 0.25) is 0 Å². The fourth-order valence-electron chi connectivity index (χ4n) is 10.6. The second-order valence-corrected chi connectivity index (χ2v) is 22.2. The Balaban J connectivity index is 1.12. The van der Waals surface area contributed by atoms with Crippen LogP contribution in [0.3, 0.4) is 0 Å². The van der Waals surface area contributed by atoms with Crippen LogP contribution in [0.5, 0.6) is 0 Å². The summed E-state index contributed by atoms with van der Waals surface area (Å²) >= 11 is 0. The number of alkyl halides is 3. The molecule has 0 amide bonds. The van der Waals surface area contributed by atoms with Gasteiger partial charge in [0.25, 0.3) is 0 Å². The summed E-state index contributed by atoms with van der Waals surface area (Å²) in [4.78, 5) is 15.7. The molecule has 0 aliphatic carbocycles. The summed E-state index contributed by atoms with van der Waals surface area (Å²) in [7, 11) is -2.93. The molecule has 0 fully saturated rings. The number of fused-ring (bicyclic) bond motifs is 3. The van der Waals surface area contributed by atoms with Crippen molar-refractivity contribution in [1.29, 1.82) is 0 Å². The molecule has 73 heavy (non-hydrogen) atoms. The maximum atomic E-state index is 14.1. The molecule has 0 aliphatic rings. The number of rotatable bonds is 10. The highest BCUT2D eigenvalue weighted by Crippen LogP contribution is 2.40. The van der Waals surface area contributed by atoms with Crippen LogP contribution >= 0.6 is 0 Å². The Hall–Kier alpha value is -8.98. The zero-order valence-electron chi connectivity index (χ0n) is 39.7. The van der Waals surface area contributed by atoms with E-state index in [9.17, 15) is 13.2 Å². The van der Waals surface area contributed by atoms with Crippen molar-refractivity contribution in [3.63, 3.8) is 0 Å². The number of nitrogens with zero attached hydrogens (tertiary/aromatic N) is 4. The van der Waals surface area contributed by atoms with Gasteiger partial charge in [0.1, 0.15) is 0 Å². The van der Waals surface area contributed by atoms with Gasteiger partial charge in [-0.3, -0.25) is 0 Å². The number of hydrogen-bond donors (Lipinski definition) is 0. The summed E-state index contributed by atoms with van der Waals surface area (Å²) in [5.41, 5.74) is 8.29. The minimum Gasteiger partial charge on any atom is -0.309 e. The number of aryl methyl sites for hydroxylation is 1. The van der Waals surface area contributed by atoms with Crippen molar-refractivity contribution in [3.8, 4) is 62.1 Å². The van der Waals surface area contributed by atoms with Gasteiger partial charge in [-0.15, -0.1) is 0 Å².